The second kappa shape index (κ2) is 11.4. The molecule has 4 N–H and O–H groups in total. The van der Waals surface area contributed by atoms with Crippen LogP contribution in [0.3, 0.4) is 0 Å². The number of nitrogens with two attached hydrogens (primary N) is 1. The molecule has 0 saturated heterocycles. The number of rotatable bonds is 7. The molecule has 1 aliphatic rings. The van der Waals surface area contributed by atoms with Crippen LogP contribution < -0.4 is 11.1 Å². The van der Waals surface area contributed by atoms with E-state index in [2.05, 4.69) is 27.4 Å². The van der Waals surface area contributed by atoms with E-state index in [1.807, 2.05) is 6.07 Å². The number of likely N-dealkylation sites (N-methyl/N-ethyl adjacent to an activating group) is 1. The molecule has 0 radical (unpaired) electrons. The Labute approximate surface area is 226 Å². The molecule has 4 rings (SSSR count). The topological polar surface area (TPSA) is 104 Å². The molecule has 1 fully saturated rings. The van der Waals surface area contributed by atoms with E-state index < -0.39 is 23.9 Å². The smallest absolute Gasteiger partial charge is 0.399 e. The summed E-state index contributed by atoms with van der Waals surface area (Å²) in [6, 6.07) is 9.14. The van der Waals surface area contributed by atoms with Crippen molar-refractivity contribution in [2.75, 3.05) is 24.6 Å². The van der Waals surface area contributed by atoms with E-state index in [1.165, 1.54) is 6.07 Å². The monoisotopic (exact) mass is 543 g/mol. The molecule has 0 unspecified atom stereocenters. The van der Waals surface area contributed by atoms with Gasteiger partial charge in [0.05, 0.1) is 23.2 Å². The Morgan fingerprint density at radius 2 is 1.82 bits per heavy atom. The fraction of sp³-hybridized carbons (Fsp3) is 0.483. The van der Waals surface area contributed by atoms with E-state index in [-0.39, 0.29) is 23.4 Å². The molecule has 1 heterocycles. The van der Waals surface area contributed by atoms with Crippen molar-refractivity contribution in [1.82, 2.24) is 14.9 Å². The number of aromatic nitrogens is 2. The molecule has 210 valence electrons. The second-order valence-corrected chi connectivity index (χ2v) is 10.8. The highest BCUT2D eigenvalue weighted by atomic mass is 19.4. The van der Waals surface area contributed by atoms with Crippen molar-refractivity contribution in [2.45, 2.75) is 70.7 Å². The van der Waals surface area contributed by atoms with Crippen LogP contribution in [-0.2, 0) is 11.0 Å². The first-order chi connectivity index (χ1) is 18.3. The number of carbonyl (C=O) groups is 1. The number of alkyl halides is 3. The number of halogens is 3. The predicted molar refractivity (Wildman–Crippen MR) is 146 cm³/mol. The van der Waals surface area contributed by atoms with Crippen molar-refractivity contribution >= 4 is 28.3 Å². The zero-order valence-electron chi connectivity index (χ0n) is 22.7. The number of aliphatic hydroxyl groups excluding tert-OH is 1. The van der Waals surface area contributed by atoms with Crippen LogP contribution in [0.2, 0.25) is 0 Å². The van der Waals surface area contributed by atoms with Crippen molar-refractivity contribution in [3.8, 4) is 0 Å². The maximum Gasteiger partial charge on any atom is 0.416 e. The molecule has 3 aromatic rings. The Kier molecular flexibility index (Phi) is 8.34. The van der Waals surface area contributed by atoms with Gasteiger partial charge in [-0.2, -0.15) is 13.2 Å². The van der Waals surface area contributed by atoms with E-state index in [4.69, 9.17) is 5.73 Å². The van der Waals surface area contributed by atoms with Crippen LogP contribution in [-0.4, -0.2) is 45.6 Å². The third-order valence-corrected chi connectivity index (χ3v) is 7.45. The van der Waals surface area contributed by atoms with E-state index >= 15 is 0 Å². The highest BCUT2D eigenvalue weighted by Gasteiger charge is 2.32. The van der Waals surface area contributed by atoms with Gasteiger partial charge in [-0.15, -0.1) is 0 Å². The Morgan fingerprint density at radius 3 is 2.46 bits per heavy atom. The van der Waals surface area contributed by atoms with Crippen molar-refractivity contribution in [3.05, 3.63) is 58.9 Å². The van der Waals surface area contributed by atoms with Gasteiger partial charge < -0.3 is 21.1 Å². The number of hydrogen-bond acceptors (Lipinski definition) is 6. The van der Waals surface area contributed by atoms with Crippen molar-refractivity contribution in [1.29, 1.82) is 0 Å². The van der Waals surface area contributed by atoms with E-state index in [0.29, 0.717) is 23.8 Å². The zero-order valence-corrected chi connectivity index (χ0v) is 22.7. The maximum absolute atomic E-state index is 13.4. The Balaban J connectivity index is 1.55. The number of aryl methyl sites for hydroxylation is 1. The Hall–Kier alpha value is -3.40. The number of aliphatic hydroxyl groups is 1. The summed E-state index contributed by atoms with van der Waals surface area (Å²) in [6.07, 6.45) is -1.78. The van der Waals surface area contributed by atoms with Gasteiger partial charge in [0.2, 0.25) is 5.91 Å². The minimum Gasteiger partial charge on any atom is -0.399 e. The van der Waals surface area contributed by atoms with Gasteiger partial charge in [0.25, 0.3) is 0 Å². The lowest BCUT2D eigenvalue weighted by Gasteiger charge is -2.31. The highest BCUT2D eigenvalue weighted by Crippen LogP contribution is 2.39. The summed E-state index contributed by atoms with van der Waals surface area (Å²) in [5, 5.41) is 13.7. The summed E-state index contributed by atoms with van der Waals surface area (Å²) in [4.78, 5) is 23.5. The standard InChI is InChI=1S/C29H36F3N5O2/c1-16(38)15-37(4)28(39)20-7-5-19(6-8-20)21-9-10-26-25(13-21)27(36-18(3)35-26)34-17(2)22-11-23(29(30,31)32)14-24(33)12-22/h9-14,16-17,19-20,38H,5-8,15,33H2,1-4H3,(H,34,35,36)/t16-,17-,19?,20?/m0/s1. The van der Waals surface area contributed by atoms with Gasteiger partial charge in [0.15, 0.2) is 0 Å². The van der Waals surface area contributed by atoms with Gasteiger partial charge in [0, 0.05) is 30.6 Å². The SMILES string of the molecule is Cc1nc(N[C@@H](C)c2cc(N)cc(C(F)(F)F)c2)c2cc(C3CCC(C(=O)N(C)C[C@H](C)O)CC3)ccc2n1. The van der Waals surface area contributed by atoms with Crippen molar-refractivity contribution < 1.29 is 23.1 Å². The van der Waals surface area contributed by atoms with Crippen LogP contribution in [0.5, 0.6) is 0 Å². The first-order valence-corrected chi connectivity index (χ1v) is 13.3. The molecule has 1 aliphatic carbocycles. The van der Waals surface area contributed by atoms with Gasteiger partial charge in [-0.05, 0) is 93.8 Å². The van der Waals surface area contributed by atoms with Crippen LogP contribution in [0.4, 0.5) is 24.7 Å². The van der Waals surface area contributed by atoms with Gasteiger partial charge in [-0.3, -0.25) is 4.79 Å². The molecule has 10 heteroatoms. The number of nitrogens with one attached hydrogen (secondary N) is 1. The van der Waals surface area contributed by atoms with Crippen molar-refractivity contribution in [2.24, 2.45) is 5.92 Å². The van der Waals surface area contributed by atoms with Crippen LogP contribution in [0.25, 0.3) is 10.9 Å². The van der Waals surface area contributed by atoms with Crippen LogP contribution >= 0.6 is 0 Å². The summed E-state index contributed by atoms with van der Waals surface area (Å²) in [6.45, 7) is 5.54. The first kappa shape index (κ1) is 28.6. The molecule has 1 amide bonds. The number of nitrogens with zero attached hydrogens (tertiary/aromatic N) is 3. The Morgan fingerprint density at radius 1 is 1.13 bits per heavy atom. The van der Waals surface area contributed by atoms with Gasteiger partial charge in [-0.1, -0.05) is 6.07 Å². The van der Waals surface area contributed by atoms with E-state index in [1.54, 1.807) is 32.7 Å². The van der Waals surface area contributed by atoms with Gasteiger partial charge in [-0.25, -0.2) is 9.97 Å². The molecule has 1 aromatic heterocycles. The van der Waals surface area contributed by atoms with E-state index in [9.17, 15) is 23.1 Å². The lowest BCUT2D eigenvalue weighted by atomic mass is 9.78. The van der Waals surface area contributed by atoms with Crippen LogP contribution in [0.15, 0.2) is 36.4 Å². The number of carbonyl (C=O) groups excluding carboxylic acids is 1. The number of benzene rings is 2. The van der Waals surface area contributed by atoms with E-state index in [0.717, 1.165) is 54.3 Å². The molecule has 7 nitrogen and oxygen atoms in total. The summed E-state index contributed by atoms with van der Waals surface area (Å²) in [7, 11) is 1.73. The number of hydrogen-bond donors (Lipinski definition) is 3. The fourth-order valence-electron chi connectivity index (χ4n) is 5.48. The van der Waals surface area contributed by atoms with Gasteiger partial charge >= 0.3 is 6.18 Å². The fourth-order valence-corrected chi connectivity index (χ4v) is 5.48. The maximum atomic E-state index is 13.4. The minimum absolute atomic E-state index is 0.0468. The Bertz CT molecular complexity index is 1340. The number of fused-ring (bicyclic) bond motifs is 1. The molecule has 1 saturated carbocycles. The largest absolute Gasteiger partial charge is 0.416 e. The lowest BCUT2D eigenvalue weighted by Crippen LogP contribution is -2.38. The third-order valence-electron chi connectivity index (χ3n) is 7.45. The lowest BCUT2D eigenvalue weighted by molar-refractivity contribution is -0.138. The molecule has 0 bridgehead atoms. The average molecular weight is 544 g/mol. The zero-order chi connectivity index (χ0) is 28.5. The molecular weight excluding hydrogens is 507 g/mol. The molecular formula is C29H36F3N5O2. The molecule has 39 heavy (non-hydrogen) atoms. The van der Waals surface area contributed by atoms with Crippen molar-refractivity contribution in [3.63, 3.8) is 0 Å². The molecule has 0 aliphatic heterocycles. The van der Waals surface area contributed by atoms with Gasteiger partial charge in [0.1, 0.15) is 11.6 Å². The normalized spacial score (nSPS) is 19.5. The third kappa shape index (κ3) is 6.79. The summed E-state index contributed by atoms with van der Waals surface area (Å²) >= 11 is 0. The quantitative estimate of drug-likeness (QED) is 0.324. The molecule has 0 spiro atoms. The summed E-state index contributed by atoms with van der Waals surface area (Å²) < 4.78 is 40.1. The predicted octanol–water partition coefficient (Wildman–Crippen LogP) is 5.83. The second-order valence-electron chi connectivity index (χ2n) is 10.8. The summed E-state index contributed by atoms with van der Waals surface area (Å²) in [5.74, 6) is 1.40. The minimum atomic E-state index is -4.49. The number of nitrogen functional groups attached to an aromatic ring is 1. The first-order valence-electron chi connectivity index (χ1n) is 13.3. The molecule has 2 atom stereocenters. The number of anilines is 2. The summed E-state index contributed by atoms with van der Waals surface area (Å²) in [5.41, 5.74) is 7.32. The van der Waals surface area contributed by atoms with Crippen LogP contribution in [0, 0.1) is 12.8 Å². The highest BCUT2D eigenvalue weighted by molar-refractivity contribution is 5.90. The number of amides is 1. The average Bonchev–Trinajstić information content (AvgIpc) is 2.86. The van der Waals surface area contributed by atoms with Crippen LogP contribution in [0.1, 0.15) is 74.0 Å². The molecule has 2 aromatic carbocycles.